The average molecular weight is 1370 g/mol. The van der Waals surface area contributed by atoms with Gasteiger partial charge in [-0.15, -0.1) is 0 Å². The number of hydrogen-bond donors (Lipinski definition) is 14. The molecule has 0 saturated carbocycles. The summed E-state index contributed by atoms with van der Waals surface area (Å²) in [6, 6.07) is 9.44. The van der Waals surface area contributed by atoms with Crippen LogP contribution in [0.1, 0.15) is 160 Å². The fourth-order valence-electron chi connectivity index (χ4n) is 4.33. The molecule has 27 heteroatoms. The van der Waals surface area contributed by atoms with Crippen molar-refractivity contribution in [3.63, 3.8) is 0 Å². The molecule has 548 valence electrons. The van der Waals surface area contributed by atoms with Crippen molar-refractivity contribution >= 4 is 70.8 Å². The van der Waals surface area contributed by atoms with E-state index in [1.165, 1.54) is 59.1 Å². The van der Waals surface area contributed by atoms with E-state index in [-0.39, 0.29) is 74.9 Å². The maximum atomic E-state index is 10.7. The summed E-state index contributed by atoms with van der Waals surface area (Å²) in [6.45, 7) is 49.5. The summed E-state index contributed by atoms with van der Waals surface area (Å²) in [5.41, 5.74) is 20.1. The van der Waals surface area contributed by atoms with Gasteiger partial charge in [0.15, 0.2) is 40.3 Å². The van der Waals surface area contributed by atoms with Crippen molar-refractivity contribution in [1.29, 1.82) is 0 Å². The van der Waals surface area contributed by atoms with E-state index in [0.717, 1.165) is 63.7 Å². The van der Waals surface area contributed by atoms with E-state index in [1.807, 2.05) is 27.7 Å². The second-order valence-electron chi connectivity index (χ2n) is 18.8. The summed E-state index contributed by atoms with van der Waals surface area (Å²) >= 11 is 0. The number of rotatable bonds is 19. The smallest absolute Gasteiger partial charge is 0.340 e. The summed E-state index contributed by atoms with van der Waals surface area (Å²) in [5.74, 6) is -4.60. The number of nitrogens with one attached hydrogen (secondary N) is 2. The van der Waals surface area contributed by atoms with Gasteiger partial charge in [0, 0.05) is 90.6 Å². The number of carbonyl (C=O) groups is 12. The molecule has 0 spiro atoms. The van der Waals surface area contributed by atoms with Crippen LogP contribution in [0.3, 0.4) is 0 Å². The SMILES string of the molecule is C=C(C)C(=O)CC.C=C(C)C(=O)CC.C=C(C)C(=O)CC.C=C(C)C(=O)NC.C=C(C)C(=O)OC(=O)C(=C)C.C=C(O)/C=C(\C)CCNC(C)=O.CC(=O)CCCc1ccc(O)c(O)c1.CC(=O)O.CC(=O)O.CC(=O)O.CC(=O)O.CN.CN.NCCc1ccc(O)c(O)c1. The molecule has 2 aromatic carbocycles. The van der Waals surface area contributed by atoms with Crippen LogP contribution in [-0.2, 0) is 75.1 Å². The molecule has 0 aliphatic rings. The number of ether oxygens (including phenoxy) is 1. The standard InChI is InChI=1S/C11H14O3.C9H15NO2.C8H11NO2.C8H10O3.3C6H10O.C5H9NO.4C2H4O2.2CH5N/c1-8(12)3-2-4-9-5-6-10(13)11(14)7-9;1-7(6-8(2)11)4-5-10-9(3)12;9-4-3-6-1-2-7(10)8(11)5-6;1-5(2)7(9)11-8(10)6(3)4;3*1-4-6(7)5(2)3;1-4(2)5(7)6-3;4*1-2(3)4;2*1-2/h5-7,13-14H,2-4H2,1H3;6,11H,2,4-5H2,1,3H3,(H,10,12);1-2,5,10-11H,3-4,9H2;1,3H2,2,4H3;3*2,4H2,1,3H3;1H2,2-3H3,(H,6,7);4*1H3,(H,3,4);2*2H2,1H3/b;7-6+;;;;;;;;;;;;. The molecule has 0 heterocycles. The van der Waals surface area contributed by atoms with Crippen molar-refractivity contribution in [1.82, 2.24) is 10.6 Å². The van der Waals surface area contributed by atoms with Crippen molar-refractivity contribution in [2.75, 3.05) is 34.2 Å². The first-order valence-electron chi connectivity index (χ1n) is 28.9. The van der Waals surface area contributed by atoms with Crippen LogP contribution in [0.2, 0.25) is 0 Å². The van der Waals surface area contributed by atoms with Gasteiger partial charge >= 0.3 is 11.9 Å². The van der Waals surface area contributed by atoms with Crippen LogP contribution < -0.4 is 27.8 Å². The quantitative estimate of drug-likeness (QED) is 0.0155. The second-order valence-corrected chi connectivity index (χ2v) is 18.8. The van der Waals surface area contributed by atoms with Crippen molar-refractivity contribution < 1.29 is 108 Å². The minimum absolute atomic E-state index is 0.0365. The summed E-state index contributed by atoms with van der Waals surface area (Å²) < 4.78 is 4.30. The minimum atomic E-state index is -0.833. The van der Waals surface area contributed by atoms with E-state index in [1.54, 1.807) is 59.9 Å². The highest BCUT2D eigenvalue weighted by molar-refractivity contribution is 6.00. The number of allylic oxidation sites excluding steroid dienone is 4. The zero-order valence-corrected chi connectivity index (χ0v) is 60.1. The van der Waals surface area contributed by atoms with Crippen LogP contribution in [0.25, 0.3) is 0 Å². The molecule has 2 amide bonds. The third kappa shape index (κ3) is 115. The van der Waals surface area contributed by atoms with Crippen molar-refractivity contribution in [2.24, 2.45) is 17.2 Å². The Kier molecular flexibility index (Phi) is 91.3. The van der Waals surface area contributed by atoms with Gasteiger partial charge in [0.1, 0.15) is 11.5 Å². The number of carbonyl (C=O) groups excluding carboxylic acids is 8. The number of esters is 2. The van der Waals surface area contributed by atoms with Crippen LogP contribution in [0, 0.1) is 0 Å². The number of carboxylic acid groups (broad SMARTS) is 4. The van der Waals surface area contributed by atoms with E-state index in [9.17, 15) is 43.5 Å². The maximum absolute atomic E-state index is 10.7. The number of aliphatic hydroxyl groups excluding tert-OH is 1. The van der Waals surface area contributed by atoms with Gasteiger partial charge in [-0.3, -0.25) is 43.2 Å². The lowest BCUT2D eigenvalue weighted by atomic mass is 10.1. The number of nitrogens with two attached hydrogens (primary N) is 3. The molecule has 0 unspecified atom stereocenters. The molecule has 96 heavy (non-hydrogen) atoms. The van der Waals surface area contributed by atoms with Gasteiger partial charge < -0.3 is 83.3 Å². The van der Waals surface area contributed by atoms with Gasteiger partial charge in [0.2, 0.25) is 11.8 Å². The largest absolute Gasteiger partial charge is 0.509 e. The number of likely N-dealkylation sites (N-methyl/N-ethyl adjacent to an activating group) is 1. The molecule has 0 atom stereocenters. The Bertz CT molecular complexity index is 2570. The molecular weight excluding hydrogens is 1250 g/mol. The van der Waals surface area contributed by atoms with Crippen molar-refractivity contribution in [3.8, 4) is 23.0 Å². The summed E-state index contributed by atoms with van der Waals surface area (Å²) in [7, 11) is 4.58. The van der Waals surface area contributed by atoms with Crippen molar-refractivity contribution in [3.05, 3.63) is 144 Å². The summed E-state index contributed by atoms with van der Waals surface area (Å²) in [4.78, 5) is 120. The van der Waals surface area contributed by atoms with E-state index < -0.39 is 35.8 Å². The molecule has 2 rings (SSSR count). The third-order valence-electron chi connectivity index (χ3n) is 8.70. The number of carboxylic acids is 4. The molecule has 17 N–H and O–H groups in total. The summed E-state index contributed by atoms with van der Waals surface area (Å²) in [5, 5.41) is 79.7. The molecule has 0 saturated heterocycles. The number of benzene rings is 2. The summed E-state index contributed by atoms with van der Waals surface area (Å²) in [6.07, 6.45) is 6.85. The lowest BCUT2D eigenvalue weighted by Crippen LogP contribution is -2.20. The zero-order chi connectivity index (χ0) is 79.2. The maximum Gasteiger partial charge on any atom is 0.340 e. The monoisotopic (exact) mass is 1370 g/mol. The number of phenolic OH excluding ortho intramolecular Hbond substituents is 4. The highest BCUT2D eigenvalue weighted by Crippen LogP contribution is 2.26. The third-order valence-corrected chi connectivity index (χ3v) is 8.70. The zero-order valence-electron chi connectivity index (χ0n) is 60.1. The Balaban J connectivity index is -0.0000000815. The Morgan fingerprint density at radius 3 is 0.927 bits per heavy atom. The molecule has 2 aromatic rings. The molecule has 0 fully saturated rings. The van der Waals surface area contributed by atoms with E-state index >= 15 is 0 Å². The first-order valence-corrected chi connectivity index (χ1v) is 28.9. The highest BCUT2D eigenvalue weighted by Gasteiger charge is 2.10. The molecule has 0 aliphatic heterocycles. The number of aliphatic carboxylic acids is 4. The normalized spacial score (nSPS) is 8.50. The first kappa shape index (κ1) is 113. The number of hydrogen-bond acceptors (Lipinski definition) is 21. The van der Waals surface area contributed by atoms with Gasteiger partial charge in [0.25, 0.3) is 23.9 Å². The van der Waals surface area contributed by atoms with Gasteiger partial charge in [-0.2, -0.15) is 0 Å². The Hall–Kier alpha value is -10.1. The van der Waals surface area contributed by atoms with Crippen molar-refractivity contribution in [2.45, 2.75) is 162 Å². The fraction of sp³-hybridized carbons (Fsp3) is 0.420. The predicted molar refractivity (Wildman–Crippen MR) is 378 cm³/mol. The lowest BCUT2D eigenvalue weighted by molar-refractivity contribution is -0.154. The molecule has 0 aliphatic carbocycles. The van der Waals surface area contributed by atoms with Crippen LogP contribution in [0.15, 0.2) is 133 Å². The lowest BCUT2D eigenvalue weighted by Gasteiger charge is -2.02. The number of phenols is 4. The number of aromatic hydroxyl groups is 4. The molecule has 0 aromatic heterocycles. The number of amides is 2. The Morgan fingerprint density at radius 1 is 0.458 bits per heavy atom. The highest BCUT2D eigenvalue weighted by atomic mass is 16.6. The molecule has 27 nitrogen and oxygen atoms in total. The van der Waals surface area contributed by atoms with Crippen LogP contribution >= 0.6 is 0 Å². The fourth-order valence-corrected chi connectivity index (χ4v) is 4.33. The first-order chi connectivity index (χ1) is 43.9. The van der Waals surface area contributed by atoms with Crippen LogP contribution in [0.4, 0.5) is 0 Å². The Labute approximate surface area is 568 Å². The minimum Gasteiger partial charge on any atom is -0.509 e. The van der Waals surface area contributed by atoms with Gasteiger partial charge in [0.05, 0.1) is 0 Å². The number of Topliss-reactive ketones (excluding diaryl/α,β-unsaturated/α-hetero) is 4. The van der Waals surface area contributed by atoms with Gasteiger partial charge in [-0.05, 0) is 160 Å². The van der Waals surface area contributed by atoms with E-state index in [2.05, 4.69) is 72.9 Å². The van der Waals surface area contributed by atoms with Gasteiger partial charge in [-0.25, -0.2) is 9.59 Å². The molecular formula is C69H115N5O22. The van der Waals surface area contributed by atoms with Gasteiger partial charge in [-0.1, -0.05) is 84.5 Å². The van der Waals surface area contributed by atoms with E-state index in [0.29, 0.717) is 67.5 Å². The molecule has 0 bridgehead atoms. The second kappa shape index (κ2) is 77.3. The number of ketones is 4. The van der Waals surface area contributed by atoms with Crippen LogP contribution in [0.5, 0.6) is 23.0 Å². The van der Waals surface area contributed by atoms with E-state index in [4.69, 9.17) is 65.8 Å². The number of aliphatic hydroxyl groups is 1. The average Bonchev–Trinajstić information content (AvgIpc) is 1.18. The molecule has 0 radical (unpaired) electrons. The van der Waals surface area contributed by atoms with Crippen LogP contribution in [-0.4, -0.2) is 151 Å². The number of aryl methyl sites for hydroxylation is 1. The topological polar surface area (TPSA) is 498 Å². The predicted octanol–water partition coefficient (Wildman–Crippen LogP) is 9.79. The Morgan fingerprint density at radius 2 is 0.750 bits per heavy atom.